The second-order valence-electron chi connectivity index (χ2n) is 5.37. The van der Waals surface area contributed by atoms with Crippen LogP contribution in [0.25, 0.3) is 10.1 Å². The molecule has 0 aliphatic heterocycles. The van der Waals surface area contributed by atoms with Crippen molar-refractivity contribution in [1.29, 1.82) is 0 Å². The summed E-state index contributed by atoms with van der Waals surface area (Å²) in [5.74, 6) is -1.46. The highest BCUT2D eigenvalue weighted by atomic mass is 35.5. The average Bonchev–Trinajstić information content (AvgIpc) is 3.02. The van der Waals surface area contributed by atoms with Crippen LogP contribution in [-0.2, 0) is 9.53 Å². The van der Waals surface area contributed by atoms with Crippen LogP contribution in [0, 0.1) is 0 Å². The monoisotopic (exact) mass is 387 g/mol. The maximum absolute atomic E-state index is 12.2. The molecular formula is C19H14ClNO4S. The van der Waals surface area contributed by atoms with Gasteiger partial charge in [0.15, 0.2) is 12.4 Å². The molecule has 0 saturated carbocycles. The molecular weight excluding hydrogens is 374 g/mol. The minimum Gasteiger partial charge on any atom is -0.456 e. The molecule has 0 spiro atoms. The van der Waals surface area contributed by atoms with Gasteiger partial charge in [-0.2, -0.15) is 0 Å². The molecule has 1 heterocycles. The number of thiophene rings is 1. The number of benzene rings is 2. The lowest BCUT2D eigenvalue weighted by atomic mass is 10.1. The molecule has 0 unspecified atom stereocenters. The van der Waals surface area contributed by atoms with E-state index in [4.69, 9.17) is 16.3 Å². The first-order valence-electron chi connectivity index (χ1n) is 7.75. The van der Waals surface area contributed by atoms with Gasteiger partial charge in [-0.3, -0.25) is 14.4 Å². The smallest absolute Gasteiger partial charge is 0.325 e. The molecule has 26 heavy (non-hydrogen) atoms. The lowest BCUT2D eigenvalue weighted by Crippen LogP contribution is -2.31. The van der Waals surface area contributed by atoms with Gasteiger partial charge < -0.3 is 10.1 Å². The Hall–Kier alpha value is -2.70. The Morgan fingerprint density at radius 1 is 1.00 bits per heavy atom. The molecule has 0 radical (unpaired) electrons. The predicted octanol–water partition coefficient (Wildman–Crippen LogP) is 3.71. The molecule has 1 amide bonds. The van der Waals surface area contributed by atoms with Gasteiger partial charge in [-0.05, 0) is 6.07 Å². The molecule has 0 saturated heterocycles. The van der Waals surface area contributed by atoms with Gasteiger partial charge in [0.05, 0.1) is 5.02 Å². The van der Waals surface area contributed by atoms with Crippen molar-refractivity contribution in [2.75, 3.05) is 13.2 Å². The Kier molecular flexibility index (Phi) is 5.65. The van der Waals surface area contributed by atoms with Crippen molar-refractivity contribution in [2.45, 2.75) is 0 Å². The minimum atomic E-state index is -0.695. The van der Waals surface area contributed by atoms with Crippen LogP contribution in [0.2, 0.25) is 5.02 Å². The summed E-state index contributed by atoms with van der Waals surface area (Å²) < 4.78 is 5.79. The maximum atomic E-state index is 12.2. The number of carbonyl (C=O) groups excluding carboxylic acids is 3. The van der Waals surface area contributed by atoms with Gasteiger partial charge in [-0.1, -0.05) is 60.1 Å². The molecule has 7 heteroatoms. The number of esters is 1. The summed E-state index contributed by atoms with van der Waals surface area (Å²) in [6.45, 7) is -0.714. The van der Waals surface area contributed by atoms with Crippen LogP contribution in [0.1, 0.15) is 20.0 Å². The molecule has 1 aromatic heterocycles. The van der Waals surface area contributed by atoms with Crippen molar-refractivity contribution < 1.29 is 19.1 Å². The first kappa shape index (κ1) is 18.1. The quantitative estimate of drug-likeness (QED) is 0.517. The standard InChI is InChI=1S/C19H14ClNO4S/c20-17-13-8-4-5-9-15(13)26-18(17)19(24)21-10-16(23)25-11-14(22)12-6-2-1-3-7-12/h1-9H,10-11H2,(H,21,24). The summed E-state index contributed by atoms with van der Waals surface area (Å²) in [6, 6.07) is 15.9. The number of halogens is 1. The molecule has 0 bridgehead atoms. The molecule has 5 nitrogen and oxygen atoms in total. The number of ether oxygens (including phenoxy) is 1. The Labute approximate surface area is 158 Å². The van der Waals surface area contributed by atoms with Gasteiger partial charge in [-0.15, -0.1) is 11.3 Å². The van der Waals surface area contributed by atoms with E-state index >= 15 is 0 Å². The summed E-state index contributed by atoms with van der Waals surface area (Å²) in [4.78, 5) is 36.2. The highest BCUT2D eigenvalue weighted by Gasteiger charge is 2.18. The van der Waals surface area contributed by atoms with Crippen LogP contribution in [0.4, 0.5) is 0 Å². The van der Waals surface area contributed by atoms with Gasteiger partial charge in [0.2, 0.25) is 0 Å². The van der Waals surface area contributed by atoms with E-state index in [9.17, 15) is 14.4 Å². The van der Waals surface area contributed by atoms with Gasteiger partial charge in [0.1, 0.15) is 11.4 Å². The van der Waals surface area contributed by atoms with Gasteiger partial charge in [-0.25, -0.2) is 0 Å². The first-order valence-corrected chi connectivity index (χ1v) is 8.95. The topological polar surface area (TPSA) is 72.5 Å². The Balaban J connectivity index is 1.53. The number of hydrogen-bond acceptors (Lipinski definition) is 5. The fourth-order valence-corrected chi connectivity index (χ4v) is 3.73. The molecule has 3 aromatic rings. The normalized spacial score (nSPS) is 10.5. The SMILES string of the molecule is O=C(CNC(=O)c1sc2ccccc2c1Cl)OCC(=O)c1ccccc1. The van der Waals surface area contributed by atoms with Crippen LogP contribution in [0.15, 0.2) is 54.6 Å². The molecule has 0 fully saturated rings. The van der Waals surface area contributed by atoms with Crippen LogP contribution >= 0.6 is 22.9 Å². The third-order valence-corrected chi connectivity index (χ3v) is 5.27. The van der Waals surface area contributed by atoms with E-state index in [-0.39, 0.29) is 18.9 Å². The molecule has 2 aromatic carbocycles. The van der Waals surface area contributed by atoms with Crippen LogP contribution < -0.4 is 5.32 Å². The third-order valence-electron chi connectivity index (χ3n) is 3.59. The van der Waals surface area contributed by atoms with E-state index in [2.05, 4.69) is 5.32 Å². The second kappa shape index (κ2) is 8.12. The molecule has 0 aliphatic rings. The van der Waals surface area contributed by atoms with Gasteiger partial charge in [0, 0.05) is 15.6 Å². The van der Waals surface area contributed by atoms with E-state index in [0.717, 1.165) is 10.1 Å². The summed E-state index contributed by atoms with van der Waals surface area (Å²) in [5, 5.41) is 3.61. The van der Waals surface area contributed by atoms with Gasteiger partial charge in [0.25, 0.3) is 5.91 Å². The largest absolute Gasteiger partial charge is 0.456 e. The zero-order valence-electron chi connectivity index (χ0n) is 13.5. The molecule has 1 N–H and O–H groups in total. The lowest BCUT2D eigenvalue weighted by Gasteiger charge is -2.06. The van der Waals surface area contributed by atoms with Crippen LogP contribution in [0.5, 0.6) is 0 Å². The van der Waals surface area contributed by atoms with E-state index in [0.29, 0.717) is 15.5 Å². The summed E-state index contributed by atoms with van der Waals surface area (Å²) >= 11 is 7.48. The number of fused-ring (bicyclic) bond motifs is 1. The highest BCUT2D eigenvalue weighted by Crippen LogP contribution is 2.34. The average molecular weight is 388 g/mol. The van der Waals surface area contributed by atoms with Crippen molar-refractivity contribution in [3.05, 3.63) is 70.1 Å². The van der Waals surface area contributed by atoms with Crippen molar-refractivity contribution >= 4 is 50.7 Å². The van der Waals surface area contributed by atoms with Crippen LogP contribution in [0.3, 0.4) is 0 Å². The Bertz CT molecular complexity index is 968. The maximum Gasteiger partial charge on any atom is 0.325 e. The molecule has 3 rings (SSSR count). The highest BCUT2D eigenvalue weighted by molar-refractivity contribution is 7.21. The van der Waals surface area contributed by atoms with E-state index in [1.165, 1.54) is 11.3 Å². The summed E-state index contributed by atoms with van der Waals surface area (Å²) in [7, 11) is 0. The Morgan fingerprint density at radius 2 is 1.69 bits per heavy atom. The lowest BCUT2D eigenvalue weighted by molar-refractivity contribution is -0.141. The summed E-state index contributed by atoms with van der Waals surface area (Å²) in [5.41, 5.74) is 0.460. The Morgan fingerprint density at radius 3 is 2.42 bits per heavy atom. The van der Waals surface area contributed by atoms with E-state index in [1.807, 2.05) is 24.3 Å². The fraction of sp³-hybridized carbons (Fsp3) is 0.105. The minimum absolute atomic E-state index is 0.308. The predicted molar refractivity (Wildman–Crippen MR) is 101 cm³/mol. The van der Waals surface area contributed by atoms with Crippen molar-refractivity contribution in [3.8, 4) is 0 Å². The third kappa shape index (κ3) is 4.09. The number of nitrogens with one attached hydrogen (secondary N) is 1. The van der Waals surface area contributed by atoms with Crippen molar-refractivity contribution in [3.63, 3.8) is 0 Å². The number of Topliss-reactive ketones (excluding diaryl/α,β-unsaturated/α-hetero) is 1. The molecule has 0 aliphatic carbocycles. The van der Waals surface area contributed by atoms with E-state index < -0.39 is 11.9 Å². The first-order chi connectivity index (χ1) is 12.6. The zero-order valence-corrected chi connectivity index (χ0v) is 15.1. The fourth-order valence-electron chi connectivity index (χ4n) is 2.30. The van der Waals surface area contributed by atoms with Gasteiger partial charge >= 0.3 is 5.97 Å². The van der Waals surface area contributed by atoms with E-state index in [1.54, 1.807) is 30.3 Å². The van der Waals surface area contributed by atoms with Crippen LogP contribution in [-0.4, -0.2) is 30.8 Å². The number of ketones is 1. The number of rotatable bonds is 6. The number of carbonyl (C=O) groups is 3. The summed E-state index contributed by atoms with van der Waals surface area (Å²) in [6.07, 6.45) is 0. The number of amides is 1. The zero-order chi connectivity index (χ0) is 18.5. The van der Waals surface area contributed by atoms with Crippen molar-refractivity contribution in [1.82, 2.24) is 5.32 Å². The molecule has 0 atom stereocenters. The second-order valence-corrected chi connectivity index (χ2v) is 6.80. The number of hydrogen-bond donors (Lipinski definition) is 1. The molecule has 132 valence electrons. The van der Waals surface area contributed by atoms with Crippen molar-refractivity contribution in [2.24, 2.45) is 0 Å².